The normalized spacial score (nSPS) is 11.1. The number of hydrogen-bond acceptors (Lipinski definition) is 2. The van der Waals surface area contributed by atoms with Gasteiger partial charge in [0, 0.05) is 16.6 Å². The number of hydrogen-bond donors (Lipinski definition) is 0. The van der Waals surface area contributed by atoms with Crippen LogP contribution in [-0.2, 0) is 6.54 Å². The zero-order valence-corrected chi connectivity index (χ0v) is 17.7. The Morgan fingerprint density at radius 1 is 0.964 bits per heavy atom. The number of ether oxygens (including phenoxy) is 1. The smallest absolute Gasteiger partial charge is 0.141 e. The number of para-hydroxylation sites is 2. The van der Waals surface area contributed by atoms with Crippen LogP contribution in [0.1, 0.15) is 17.5 Å². The summed E-state index contributed by atoms with van der Waals surface area (Å²) in [6, 6.07) is 22.8. The molecule has 0 fully saturated rings. The van der Waals surface area contributed by atoms with E-state index in [9.17, 15) is 0 Å². The van der Waals surface area contributed by atoms with Gasteiger partial charge in [-0.15, -0.1) is 0 Å². The van der Waals surface area contributed by atoms with Gasteiger partial charge in [-0.1, -0.05) is 52.3 Å². The van der Waals surface area contributed by atoms with E-state index in [4.69, 9.17) is 9.72 Å². The number of nitrogens with zero attached hydrogens (tertiary/aromatic N) is 2. The fraction of sp³-hybridized carbons (Fsp3) is 0.208. The van der Waals surface area contributed by atoms with Crippen LogP contribution in [0.25, 0.3) is 22.4 Å². The van der Waals surface area contributed by atoms with Crippen molar-refractivity contribution in [3.8, 4) is 17.1 Å². The molecule has 0 amide bonds. The molecule has 142 valence electrons. The van der Waals surface area contributed by atoms with Gasteiger partial charge in [0.15, 0.2) is 0 Å². The Balaban J connectivity index is 1.56. The molecule has 28 heavy (non-hydrogen) atoms. The minimum absolute atomic E-state index is 0.675. The number of aromatic nitrogens is 2. The highest BCUT2D eigenvalue weighted by Crippen LogP contribution is 2.27. The fourth-order valence-corrected chi connectivity index (χ4v) is 3.83. The summed E-state index contributed by atoms with van der Waals surface area (Å²) < 4.78 is 9.40. The number of fused-ring (bicyclic) bond motifs is 1. The van der Waals surface area contributed by atoms with E-state index in [0.717, 1.165) is 45.6 Å². The summed E-state index contributed by atoms with van der Waals surface area (Å²) in [5, 5.41) is 0. The second kappa shape index (κ2) is 8.19. The summed E-state index contributed by atoms with van der Waals surface area (Å²) in [7, 11) is 0. The Kier molecular flexibility index (Phi) is 5.49. The van der Waals surface area contributed by atoms with Crippen molar-refractivity contribution in [3.05, 3.63) is 82.3 Å². The second-order valence-electron chi connectivity index (χ2n) is 6.99. The lowest BCUT2D eigenvalue weighted by atomic mass is 10.1. The largest absolute Gasteiger partial charge is 0.493 e. The van der Waals surface area contributed by atoms with Gasteiger partial charge in [0.1, 0.15) is 11.6 Å². The molecule has 4 rings (SSSR count). The molecule has 1 aromatic heterocycles. The van der Waals surface area contributed by atoms with Crippen LogP contribution in [0.3, 0.4) is 0 Å². The zero-order chi connectivity index (χ0) is 19.5. The first kappa shape index (κ1) is 18.8. The Morgan fingerprint density at radius 3 is 2.64 bits per heavy atom. The summed E-state index contributed by atoms with van der Waals surface area (Å²) in [6.45, 7) is 5.76. The Labute approximate surface area is 174 Å². The number of imidazole rings is 1. The summed E-state index contributed by atoms with van der Waals surface area (Å²) in [4.78, 5) is 4.89. The second-order valence-corrected chi connectivity index (χ2v) is 7.90. The molecule has 4 heteroatoms. The quantitative estimate of drug-likeness (QED) is 0.321. The third-order valence-electron chi connectivity index (χ3n) is 5.08. The first-order chi connectivity index (χ1) is 13.6. The van der Waals surface area contributed by atoms with Crippen LogP contribution in [0.5, 0.6) is 5.75 Å². The van der Waals surface area contributed by atoms with Crippen LogP contribution in [-0.4, -0.2) is 16.2 Å². The molecule has 0 bridgehead atoms. The summed E-state index contributed by atoms with van der Waals surface area (Å²) in [6.07, 6.45) is 0.911. The van der Waals surface area contributed by atoms with Crippen molar-refractivity contribution in [2.45, 2.75) is 26.8 Å². The molecule has 0 aliphatic carbocycles. The van der Waals surface area contributed by atoms with Gasteiger partial charge in [0.25, 0.3) is 0 Å². The Bertz CT molecular complexity index is 1120. The lowest BCUT2D eigenvalue weighted by Crippen LogP contribution is -2.07. The zero-order valence-electron chi connectivity index (χ0n) is 16.2. The van der Waals surface area contributed by atoms with Crippen LogP contribution < -0.4 is 4.74 Å². The molecular weight excluding hydrogens is 412 g/mol. The molecular formula is C24H23BrN2O. The van der Waals surface area contributed by atoms with E-state index < -0.39 is 0 Å². The van der Waals surface area contributed by atoms with Crippen LogP contribution >= 0.6 is 15.9 Å². The van der Waals surface area contributed by atoms with E-state index in [-0.39, 0.29) is 0 Å². The number of benzene rings is 3. The first-order valence-electron chi connectivity index (χ1n) is 9.54. The molecule has 3 nitrogen and oxygen atoms in total. The molecule has 0 aliphatic rings. The lowest BCUT2D eigenvalue weighted by molar-refractivity contribution is 0.301. The maximum atomic E-state index is 6.05. The standard InChI is InChI=1S/C24H23BrN2O/c1-17-8-5-13-23(18(17)2)28-15-7-14-27-22-12-4-3-11-21(22)26-24(27)19-9-6-10-20(25)16-19/h3-6,8-13,16H,7,14-15H2,1-2H3. The molecule has 4 aromatic rings. The summed E-state index contributed by atoms with van der Waals surface area (Å²) in [5.41, 5.74) is 5.76. The van der Waals surface area contributed by atoms with Gasteiger partial charge >= 0.3 is 0 Å². The van der Waals surface area contributed by atoms with Crippen molar-refractivity contribution < 1.29 is 4.74 Å². The minimum atomic E-state index is 0.675. The van der Waals surface area contributed by atoms with Gasteiger partial charge < -0.3 is 9.30 Å². The van der Waals surface area contributed by atoms with E-state index in [0.29, 0.717) is 6.61 Å². The fourth-order valence-electron chi connectivity index (χ4n) is 3.44. The predicted molar refractivity (Wildman–Crippen MR) is 119 cm³/mol. The highest BCUT2D eigenvalue weighted by Gasteiger charge is 2.12. The number of halogens is 1. The highest BCUT2D eigenvalue weighted by molar-refractivity contribution is 9.10. The van der Waals surface area contributed by atoms with Crippen molar-refractivity contribution in [1.82, 2.24) is 9.55 Å². The minimum Gasteiger partial charge on any atom is -0.493 e. The average molecular weight is 435 g/mol. The van der Waals surface area contributed by atoms with Crippen molar-refractivity contribution >= 4 is 27.0 Å². The van der Waals surface area contributed by atoms with E-state index in [1.54, 1.807) is 0 Å². The van der Waals surface area contributed by atoms with Crippen molar-refractivity contribution in [1.29, 1.82) is 0 Å². The molecule has 0 radical (unpaired) electrons. The van der Waals surface area contributed by atoms with Crippen molar-refractivity contribution in [2.24, 2.45) is 0 Å². The highest BCUT2D eigenvalue weighted by atomic mass is 79.9. The van der Waals surface area contributed by atoms with Crippen molar-refractivity contribution in [2.75, 3.05) is 6.61 Å². The predicted octanol–water partition coefficient (Wildman–Crippen LogP) is 6.55. The number of rotatable bonds is 6. The Hall–Kier alpha value is -2.59. The molecule has 0 unspecified atom stereocenters. The molecule has 1 heterocycles. The van der Waals surface area contributed by atoms with Gasteiger partial charge in [-0.05, 0) is 61.7 Å². The molecule has 0 aliphatic heterocycles. The van der Waals surface area contributed by atoms with Crippen LogP contribution in [0.15, 0.2) is 71.2 Å². The van der Waals surface area contributed by atoms with Crippen LogP contribution in [0.4, 0.5) is 0 Å². The summed E-state index contributed by atoms with van der Waals surface area (Å²) in [5.74, 6) is 1.97. The van der Waals surface area contributed by atoms with Gasteiger partial charge in [-0.25, -0.2) is 4.98 Å². The third-order valence-corrected chi connectivity index (χ3v) is 5.57. The van der Waals surface area contributed by atoms with Crippen molar-refractivity contribution in [3.63, 3.8) is 0 Å². The van der Waals surface area contributed by atoms with E-state index in [2.05, 4.69) is 70.7 Å². The molecule has 3 aromatic carbocycles. The monoisotopic (exact) mass is 434 g/mol. The van der Waals surface area contributed by atoms with E-state index in [1.807, 2.05) is 30.3 Å². The van der Waals surface area contributed by atoms with E-state index >= 15 is 0 Å². The SMILES string of the molecule is Cc1cccc(OCCCn2c(-c3cccc(Br)c3)nc3ccccc32)c1C. The maximum Gasteiger partial charge on any atom is 0.141 e. The molecule has 0 saturated heterocycles. The maximum absolute atomic E-state index is 6.05. The third kappa shape index (κ3) is 3.83. The van der Waals surface area contributed by atoms with Gasteiger partial charge in [-0.3, -0.25) is 0 Å². The molecule has 0 atom stereocenters. The Morgan fingerprint density at radius 2 is 1.79 bits per heavy atom. The number of aryl methyl sites for hydroxylation is 2. The van der Waals surface area contributed by atoms with E-state index in [1.165, 1.54) is 11.1 Å². The topological polar surface area (TPSA) is 27.1 Å². The van der Waals surface area contributed by atoms with Gasteiger partial charge in [0.2, 0.25) is 0 Å². The molecule has 0 spiro atoms. The van der Waals surface area contributed by atoms with Crippen LogP contribution in [0, 0.1) is 13.8 Å². The lowest BCUT2D eigenvalue weighted by Gasteiger charge is -2.13. The molecule has 0 saturated carbocycles. The van der Waals surface area contributed by atoms with Crippen LogP contribution in [0.2, 0.25) is 0 Å². The summed E-state index contributed by atoms with van der Waals surface area (Å²) >= 11 is 3.57. The van der Waals surface area contributed by atoms with Gasteiger partial charge in [0.05, 0.1) is 17.6 Å². The van der Waals surface area contributed by atoms with Gasteiger partial charge in [-0.2, -0.15) is 0 Å². The molecule has 0 N–H and O–H groups in total. The first-order valence-corrected chi connectivity index (χ1v) is 10.3. The average Bonchev–Trinajstić information content (AvgIpc) is 3.07.